The predicted molar refractivity (Wildman–Crippen MR) is 46.3 cm³/mol. The van der Waals surface area contributed by atoms with Crippen LogP contribution in [0.15, 0.2) is 35.6 Å². The van der Waals surface area contributed by atoms with Crippen molar-refractivity contribution in [1.82, 2.24) is 0 Å². The van der Waals surface area contributed by atoms with E-state index in [4.69, 9.17) is 16.7 Å². The number of aliphatic hydroxyl groups is 1. The molecule has 0 saturated carbocycles. The van der Waals surface area contributed by atoms with Gasteiger partial charge in [-0.3, -0.25) is 0 Å². The third-order valence-corrected chi connectivity index (χ3v) is 1.06. The Hall–Kier alpha value is -0.730. The first-order valence-corrected chi connectivity index (χ1v) is 3.43. The minimum absolute atomic E-state index is 0.0749. The Balaban J connectivity index is 4.08. The molecule has 0 radical (unpaired) electrons. The standard InChI is InChI=1S/C8H11ClO2/c1-7(9)3-4-8(5-10)6-11-2/h3-4,6,10H,1,5H2,2H3/b4-3-,8-6+. The van der Waals surface area contributed by atoms with Crippen LogP contribution in [0.4, 0.5) is 0 Å². The van der Waals surface area contributed by atoms with Crippen molar-refractivity contribution in [2.24, 2.45) is 0 Å². The van der Waals surface area contributed by atoms with Gasteiger partial charge in [-0.25, -0.2) is 0 Å². The highest BCUT2D eigenvalue weighted by Gasteiger charge is 1.87. The molecule has 0 fully saturated rings. The molecular formula is C8H11ClO2. The number of hydrogen-bond donors (Lipinski definition) is 1. The summed E-state index contributed by atoms with van der Waals surface area (Å²) in [5.74, 6) is 0. The minimum atomic E-state index is -0.0749. The number of rotatable bonds is 4. The van der Waals surface area contributed by atoms with Gasteiger partial charge in [0.1, 0.15) is 0 Å². The van der Waals surface area contributed by atoms with Crippen LogP contribution in [0.25, 0.3) is 0 Å². The van der Waals surface area contributed by atoms with Gasteiger partial charge in [0.2, 0.25) is 0 Å². The van der Waals surface area contributed by atoms with E-state index < -0.39 is 0 Å². The lowest BCUT2D eigenvalue weighted by molar-refractivity contribution is 0.305. The maximum atomic E-state index is 8.70. The van der Waals surface area contributed by atoms with Crippen LogP contribution < -0.4 is 0 Å². The second-order valence-corrected chi connectivity index (χ2v) is 2.35. The van der Waals surface area contributed by atoms with Gasteiger partial charge in [0.15, 0.2) is 0 Å². The van der Waals surface area contributed by atoms with Crippen LogP contribution in [0.5, 0.6) is 0 Å². The van der Waals surface area contributed by atoms with Crippen molar-refractivity contribution in [3.05, 3.63) is 35.6 Å². The van der Waals surface area contributed by atoms with Crippen molar-refractivity contribution in [2.45, 2.75) is 0 Å². The molecule has 0 unspecified atom stereocenters. The SMILES string of the molecule is C=C(Cl)/C=C\C(=C/OC)CO. The van der Waals surface area contributed by atoms with Gasteiger partial charge < -0.3 is 9.84 Å². The molecule has 0 amide bonds. The summed E-state index contributed by atoms with van der Waals surface area (Å²) in [5, 5.41) is 9.11. The maximum absolute atomic E-state index is 8.70. The van der Waals surface area contributed by atoms with Crippen molar-refractivity contribution < 1.29 is 9.84 Å². The summed E-state index contributed by atoms with van der Waals surface area (Å²) in [5.41, 5.74) is 0.648. The normalized spacial score (nSPS) is 12.1. The van der Waals surface area contributed by atoms with E-state index in [0.29, 0.717) is 10.6 Å². The molecule has 62 valence electrons. The smallest absolute Gasteiger partial charge is 0.0879 e. The highest BCUT2D eigenvalue weighted by Crippen LogP contribution is 2.02. The Bertz CT molecular complexity index is 183. The van der Waals surface area contributed by atoms with Crippen molar-refractivity contribution in [3.8, 4) is 0 Å². The van der Waals surface area contributed by atoms with E-state index in [1.807, 2.05) is 0 Å². The van der Waals surface area contributed by atoms with Crippen LogP contribution in [-0.2, 0) is 4.74 Å². The predicted octanol–water partition coefficient (Wildman–Crippen LogP) is 1.82. The zero-order valence-electron chi connectivity index (χ0n) is 6.38. The first-order valence-electron chi connectivity index (χ1n) is 3.06. The molecule has 0 spiro atoms. The summed E-state index contributed by atoms with van der Waals surface area (Å²) in [6.45, 7) is 3.38. The molecule has 0 atom stereocenters. The monoisotopic (exact) mass is 174 g/mol. The Morgan fingerprint density at radius 2 is 2.27 bits per heavy atom. The number of aliphatic hydroxyl groups excluding tert-OH is 1. The van der Waals surface area contributed by atoms with Gasteiger partial charge in [-0.2, -0.15) is 0 Å². The number of allylic oxidation sites excluding steroid dienone is 2. The molecule has 0 aliphatic carbocycles. The summed E-state index contributed by atoms with van der Waals surface area (Å²) in [4.78, 5) is 0. The number of ether oxygens (including phenoxy) is 1. The lowest BCUT2D eigenvalue weighted by Gasteiger charge is -1.94. The number of halogens is 1. The van der Waals surface area contributed by atoms with Crippen LogP contribution >= 0.6 is 11.6 Å². The highest BCUT2D eigenvalue weighted by molar-refractivity contribution is 6.30. The molecule has 0 aromatic carbocycles. The lowest BCUT2D eigenvalue weighted by Crippen LogP contribution is -1.86. The molecule has 2 nitrogen and oxygen atoms in total. The van der Waals surface area contributed by atoms with Gasteiger partial charge in [0.05, 0.1) is 20.0 Å². The number of methoxy groups -OCH3 is 1. The van der Waals surface area contributed by atoms with Gasteiger partial charge in [-0.1, -0.05) is 24.3 Å². The van der Waals surface area contributed by atoms with Gasteiger partial charge in [0, 0.05) is 10.6 Å². The Kier molecular flexibility index (Phi) is 5.61. The Morgan fingerprint density at radius 1 is 1.64 bits per heavy atom. The zero-order chi connectivity index (χ0) is 8.69. The fourth-order valence-electron chi connectivity index (χ4n) is 0.478. The lowest BCUT2D eigenvalue weighted by atomic mass is 10.3. The summed E-state index contributed by atoms with van der Waals surface area (Å²) < 4.78 is 4.68. The third-order valence-electron chi connectivity index (χ3n) is 0.930. The fourth-order valence-corrected chi connectivity index (χ4v) is 0.541. The highest BCUT2D eigenvalue weighted by atomic mass is 35.5. The average Bonchev–Trinajstić information content (AvgIpc) is 1.97. The summed E-state index contributed by atoms with van der Waals surface area (Å²) in [7, 11) is 1.51. The molecule has 0 aliphatic heterocycles. The van der Waals surface area contributed by atoms with E-state index in [0.717, 1.165) is 0 Å². The van der Waals surface area contributed by atoms with Gasteiger partial charge in [-0.05, 0) is 6.08 Å². The molecule has 0 bridgehead atoms. The van der Waals surface area contributed by atoms with Crippen LogP contribution in [0.1, 0.15) is 0 Å². The second-order valence-electron chi connectivity index (χ2n) is 1.87. The topological polar surface area (TPSA) is 29.5 Å². The van der Waals surface area contributed by atoms with E-state index >= 15 is 0 Å². The minimum Gasteiger partial charge on any atom is -0.504 e. The zero-order valence-corrected chi connectivity index (χ0v) is 7.14. The summed E-state index contributed by atoms with van der Waals surface area (Å²) >= 11 is 5.45. The summed E-state index contributed by atoms with van der Waals surface area (Å²) in [6.07, 6.45) is 4.66. The van der Waals surface area contributed by atoms with Crippen LogP contribution in [0.3, 0.4) is 0 Å². The quantitative estimate of drug-likeness (QED) is 0.521. The van der Waals surface area contributed by atoms with Crippen molar-refractivity contribution in [1.29, 1.82) is 0 Å². The van der Waals surface area contributed by atoms with E-state index in [9.17, 15) is 0 Å². The van der Waals surface area contributed by atoms with E-state index in [1.54, 1.807) is 12.2 Å². The van der Waals surface area contributed by atoms with Gasteiger partial charge in [-0.15, -0.1) is 0 Å². The van der Waals surface area contributed by atoms with E-state index in [1.165, 1.54) is 13.4 Å². The Labute approximate surface area is 71.4 Å². The largest absolute Gasteiger partial charge is 0.504 e. The van der Waals surface area contributed by atoms with Gasteiger partial charge >= 0.3 is 0 Å². The molecule has 0 aliphatic rings. The summed E-state index contributed by atoms with van der Waals surface area (Å²) in [6, 6.07) is 0. The molecule has 1 N–H and O–H groups in total. The second kappa shape index (κ2) is 6.01. The first-order chi connectivity index (χ1) is 5.20. The molecule has 0 aromatic heterocycles. The van der Waals surface area contributed by atoms with E-state index in [2.05, 4.69) is 11.3 Å². The van der Waals surface area contributed by atoms with Crippen LogP contribution in [0, 0.1) is 0 Å². The average molecular weight is 175 g/mol. The molecule has 3 heteroatoms. The molecule has 0 heterocycles. The van der Waals surface area contributed by atoms with Crippen LogP contribution in [-0.4, -0.2) is 18.8 Å². The molecule has 0 saturated heterocycles. The van der Waals surface area contributed by atoms with Crippen LogP contribution in [0.2, 0.25) is 0 Å². The first kappa shape index (κ1) is 10.3. The maximum Gasteiger partial charge on any atom is 0.0879 e. The van der Waals surface area contributed by atoms with E-state index in [-0.39, 0.29) is 6.61 Å². The molecule has 0 rings (SSSR count). The van der Waals surface area contributed by atoms with Crippen molar-refractivity contribution in [2.75, 3.05) is 13.7 Å². The molecular weight excluding hydrogens is 164 g/mol. The third kappa shape index (κ3) is 5.70. The number of hydrogen-bond acceptors (Lipinski definition) is 2. The molecule has 0 aromatic rings. The van der Waals surface area contributed by atoms with Crippen molar-refractivity contribution >= 4 is 11.6 Å². The van der Waals surface area contributed by atoms with Gasteiger partial charge in [0.25, 0.3) is 0 Å². The fraction of sp³-hybridized carbons (Fsp3) is 0.250. The molecule has 11 heavy (non-hydrogen) atoms. The van der Waals surface area contributed by atoms with Crippen molar-refractivity contribution in [3.63, 3.8) is 0 Å². The Morgan fingerprint density at radius 3 is 2.64 bits per heavy atom.